The number of rotatable bonds is 3. The lowest BCUT2D eigenvalue weighted by atomic mass is 10.1. The van der Waals surface area contributed by atoms with Crippen molar-refractivity contribution in [1.82, 2.24) is 10.3 Å². The van der Waals surface area contributed by atoms with Crippen molar-refractivity contribution < 1.29 is 4.79 Å². The molecule has 0 aliphatic carbocycles. The number of benzene rings is 1. The average Bonchev–Trinajstić information content (AvgIpc) is 2.39. The third kappa shape index (κ3) is 3.25. The molecule has 0 spiro atoms. The standard InChI is InChI=1S/C14H12Cl2N2O/c1-9(10-4-2-3-5-12(10)15)18-14(19)11-8-17-7-6-13(11)16/h2-9H,1H3,(H,18,19). The van der Waals surface area contributed by atoms with E-state index in [1.807, 2.05) is 25.1 Å². The fourth-order valence-electron chi connectivity index (χ4n) is 1.72. The third-order valence-corrected chi connectivity index (χ3v) is 3.41. The van der Waals surface area contributed by atoms with Gasteiger partial charge in [-0.2, -0.15) is 0 Å². The minimum atomic E-state index is -0.273. The fraction of sp³-hybridized carbons (Fsp3) is 0.143. The van der Waals surface area contributed by atoms with Crippen LogP contribution in [0.15, 0.2) is 42.7 Å². The molecule has 0 radical (unpaired) electrons. The molecule has 0 saturated heterocycles. The molecule has 1 N–H and O–H groups in total. The SMILES string of the molecule is CC(NC(=O)c1cnccc1Cl)c1ccccc1Cl. The lowest BCUT2D eigenvalue weighted by Crippen LogP contribution is -2.27. The van der Waals surface area contributed by atoms with Gasteiger partial charge >= 0.3 is 0 Å². The molecule has 0 bridgehead atoms. The molecular formula is C14H12Cl2N2O. The van der Waals surface area contributed by atoms with E-state index in [0.717, 1.165) is 5.56 Å². The predicted molar refractivity (Wildman–Crippen MR) is 76.6 cm³/mol. The molecule has 0 saturated carbocycles. The van der Waals surface area contributed by atoms with Crippen molar-refractivity contribution in [3.05, 3.63) is 63.9 Å². The van der Waals surface area contributed by atoms with E-state index < -0.39 is 0 Å². The van der Waals surface area contributed by atoms with Crippen molar-refractivity contribution in [2.75, 3.05) is 0 Å². The zero-order chi connectivity index (χ0) is 13.8. The van der Waals surface area contributed by atoms with Gasteiger partial charge in [0.2, 0.25) is 0 Å². The minimum absolute atomic E-state index is 0.211. The van der Waals surface area contributed by atoms with Gasteiger partial charge in [-0.3, -0.25) is 9.78 Å². The molecular weight excluding hydrogens is 283 g/mol. The van der Waals surface area contributed by atoms with Crippen LogP contribution < -0.4 is 5.32 Å². The van der Waals surface area contributed by atoms with Crippen LogP contribution in [0, 0.1) is 0 Å². The van der Waals surface area contributed by atoms with Crippen LogP contribution in [0.5, 0.6) is 0 Å². The molecule has 1 atom stereocenters. The minimum Gasteiger partial charge on any atom is -0.345 e. The number of hydrogen-bond acceptors (Lipinski definition) is 2. The van der Waals surface area contributed by atoms with Crippen molar-refractivity contribution in [2.24, 2.45) is 0 Å². The quantitative estimate of drug-likeness (QED) is 0.933. The molecule has 0 aliphatic heterocycles. The van der Waals surface area contributed by atoms with Crippen LogP contribution in [-0.4, -0.2) is 10.9 Å². The summed E-state index contributed by atoms with van der Waals surface area (Å²) in [5.74, 6) is -0.273. The Balaban J connectivity index is 2.16. The normalized spacial score (nSPS) is 11.9. The topological polar surface area (TPSA) is 42.0 Å². The summed E-state index contributed by atoms with van der Waals surface area (Å²) < 4.78 is 0. The predicted octanol–water partition coefficient (Wildman–Crippen LogP) is 3.88. The lowest BCUT2D eigenvalue weighted by molar-refractivity contribution is 0.0939. The number of hydrogen-bond donors (Lipinski definition) is 1. The summed E-state index contributed by atoms with van der Waals surface area (Å²) in [5.41, 5.74) is 1.21. The number of nitrogens with zero attached hydrogens (tertiary/aromatic N) is 1. The highest BCUT2D eigenvalue weighted by atomic mass is 35.5. The summed E-state index contributed by atoms with van der Waals surface area (Å²) in [7, 11) is 0. The molecule has 0 aliphatic rings. The summed E-state index contributed by atoms with van der Waals surface area (Å²) in [6, 6.07) is 8.75. The van der Waals surface area contributed by atoms with Gasteiger partial charge in [0.1, 0.15) is 0 Å². The van der Waals surface area contributed by atoms with Crippen LogP contribution in [-0.2, 0) is 0 Å². The molecule has 1 unspecified atom stereocenters. The van der Waals surface area contributed by atoms with E-state index in [-0.39, 0.29) is 11.9 Å². The Morgan fingerprint density at radius 2 is 1.95 bits per heavy atom. The summed E-state index contributed by atoms with van der Waals surface area (Å²) in [6.45, 7) is 1.86. The second kappa shape index (κ2) is 6.04. The van der Waals surface area contributed by atoms with Gasteiger partial charge in [-0.15, -0.1) is 0 Å². The number of pyridine rings is 1. The first-order valence-electron chi connectivity index (χ1n) is 5.74. The van der Waals surface area contributed by atoms with Gasteiger partial charge in [-0.1, -0.05) is 41.4 Å². The maximum Gasteiger partial charge on any atom is 0.254 e. The third-order valence-electron chi connectivity index (χ3n) is 2.73. The summed E-state index contributed by atoms with van der Waals surface area (Å²) in [6.07, 6.45) is 2.98. The van der Waals surface area contributed by atoms with Gasteiger partial charge in [0, 0.05) is 17.4 Å². The number of nitrogens with one attached hydrogen (secondary N) is 1. The van der Waals surface area contributed by atoms with E-state index in [9.17, 15) is 4.79 Å². The number of carbonyl (C=O) groups is 1. The second-order valence-corrected chi connectivity index (χ2v) is 4.89. The average molecular weight is 295 g/mol. The van der Waals surface area contributed by atoms with Gasteiger partial charge < -0.3 is 5.32 Å². The Bertz CT molecular complexity index is 602. The highest BCUT2D eigenvalue weighted by Crippen LogP contribution is 2.23. The van der Waals surface area contributed by atoms with Gasteiger partial charge in [0.05, 0.1) is 16.6 Å². The first kappa shape index (κ1) is 13.8. The van der Waals surface area contributed by atoms with Crippen molar-refractivity contribution in [3.8, 4) is 0 Å². The molecule has 5 heteroatoms. The highest BCUT2D eigenvalue weighted by Gasteiger charge is 2.15. The first-order valence-corrected chi connectivity index (χ1v) is 6.50. The van der Waals surface area contributed by atoms with Gasteiger partial charge in [-0.25, -0.2) is 0 Å². The second-order valence-electron chi connectivity index (χ2n) is 4.07. The Morgan fingerprint density at radius 1 is 1.21 bits per heavy atom. The molecule has 1 aromatic carbocycles. The molecule has 1 amide bonds. The van der Waals surface area contributed by atoms with Crippen LogP contribution in [0.2, 0.25) is 10.0 Å². The zero-order valence-electron chi connectivity index (χ0n) is 10.2. The monoisotopic (exact) mass is 294 g/mol. The van der Waals surface area contributed by atoms with Crippen molar-refractivity contribution in [1.29, 1.82) is 0 Å². The van der Waals surface area contributed by atoms with E-state index in [4.69, 9.17) is 23.2 Å². The Hall–Kier alpha value is -1.58. The highest BCUT2D eigenvalue weighted by molar-refractivity contribution is 6.33. The summed E-state index contributed by atoms with van der Waals surface area (Å²) in [5, 5.41) is 3.84. The summed E-state index contributed by atoms with van der Waals surface area (Å²) >= 11 is 12.0. The van der Waals surface area contributed by atoms with Crippen LogP contribution >= 0.6 is 23.2 Å². The Morgan fingerprint density at radius 3 is 2.63 bits per heavy atom. The molecule has 1 heterocycles. The smallest absolute Gasteiger partial charge is 0.254 e. The maximum absolute atomic E-state index is 12.1. The largest absolute Gasteiger partial charge is 0.345 e. The lowest BCUT2D eigenvalue weighted by Gasteiger charge is -2.16. The van der Waals surface area contributed by atoms with E-state index in [1.54, 1.807) is 12.1 Å². The van der Waals surface area contributed by atoms with Gasteiger partial charge in [0.25, 0.3) is 5.91 Å². The molecule has 1 aromatic heterocycles. The molecule has 19 heavy (non-hydrogen) atoms. The number of halogens is 2. The Labute approximate surface area is 121 Å². The number of aromatic nitrogens is 1. The molecule has 2 rings (SSSR count). The van der Waals surface area contributed by atoms with E-state index in [0.29, 0.717) is 15.6 Å². The van der Waals surface area contributed by atoms with Gasteiger partial charge in [0.15, 0.2) is 0 Å². The van der Waals surface area contributed by atoms with Crippen LogP contribution in [0.3, 0.4) is 0 Å². The van der Waals surface area contributed by atoms with Crippen molar-refractivity contribution in [3.63, 3.8) is 0 Å². The van der Waals surface area contributed by atoms with Crippen molar-refractivity contribution in [2.45, 2.75) is 13.0 Å². The van der Waals surface area contributed by atoms with E-state index in [2.05, 4.69) is 10.3 Å². The molecule has 0 fully saturated rings. The summed E-state index contributed by atoms with van der Waals surface area (Å²) in [4.78, 5) is 16.0. The fourth-order valence-corrected chi connectivity index (χ4v) is 2.21. The maximum atomic E-state index is 12.1. The van der Waals surface area contributed by atoms with E-state index >= 15 is 0 Å². The van der Waals surface area contributed by atoms with Crippen molar-refractivity contribution >= 4 is 29.1 Å². The van der Waals surface area contributed by atoms with E-state index in [1.165, 1.54) is 12.4 Å². The Kier molecular flexibility index (Phi) is 4.40. The van der Waals surface area contributed by atoms with Gasteiger partial charge in [-0.05, 0) is 24.6 Å². The molecule has 98 valence electrons. The number of carbonyl (C=O) groups excluding carboxylic acids is 1. The number of amides is 1. The molecule has 3 nitrogen and oxygen atoms in total. The first-order chi connectivity index (χ1) is 9.09. The van der Waals surface area contributed by atoms with Crippen LogP contribution in [0.4, 0.5) is 0 Å². The van der Waals surface area contributed by atoms with Crippen LogP contribution in [0.1, 0.15) is 28.9 Å². The zero-order valence-corrected chi connectivity index (χ0v) is 11.7. The van der Waals surface area contributed by atoms with Crippen LogP contribution in [0.25, 0.3) is 0 Å². The molecule has 2 aromatic rings.